The number of nitrogens with one attached hydrogen (secondary N) is 1. The van der Waals surface area contributed by atoms with E-state index in [9.17, 15) is 13.0 Å². The molecule has 1 rings (SSSR count). The van der Waals surface area contributed by atoms with Gasteiger partial charge < -0.3 is 14.6 Å². The molecule has 1 fully saturated rings. The van der Waals surface area contributed by atoms with E-state index in [0.717, 1.165) is 13.7 Å². The molecule has 0 aromatic heterocycles. The Labute approximate surface area is 160 Å². The molecule has 1 aliphatic rings. The maximum absolute atomic E-state index is 9.22. The van der Waals surface area contributed by atoms with Crippen molar-refractivity contribution in [1.82, 2.24) is 4.90 Å². The lowest BCUT2D eigenvalue weighted by atomic mass is 10.1. The third kappa shape index (κ3) is 13.9. The molecule has 8 heteroatoms. The number of hydrogen-bond acceptors (Lipinski definition) is 6. The maximum Gasteiger partial charge on any atom is 0.217 e. The van der Waals surface area contributed by atoms with E-state index in [1.165, 1.54) is 77.3 Å². The highest BCUT2D eigenvalue weighted by atomic mass is 32.3. The van der Waals surface area contributed by atoms with E-state index in [0.29, 0.717) is 12.8 Å². The van der Waals surface area contributed by atoms with Crippen LogP contribution in [-0.4, -0.2) is 69.5 Å². The van der Waals surface area contributed by atoms with Gasteiger partial charge in [-0.05, 0) is 13.5 Å². The third-order valence-corrected chi connectivity index (χ3v) is 5.42. The quantitative estimate of drug-likeness (QED) is 0.275. The lowest BCUT2D eigenvalue weighted by Gasteiger charge is -2.24. The minimum absolute atomic E-state index is 0.331. The van der Waals surface area contributed by atoms with Crippen LogP contribution in [0.2, 0.25) is 0 Å². The highest BCUT2D eigenvalue weighted by Crippen LogP contribution is 2.12. The van der Waals surface area contributed by atoms with Gasteiger partial charge in [0.1, 0.15) is 12.7 Å². The van der Waals surface area contributed by atoms with Gasteiger partial charge in [-0.15, -0.1) is 0 Å². The van der Waals surface area contributed by atoms with Crippen LogP contribution >= 0.6 is 0 Å². The molecule has 0 bridgehead atoms. The Morgan fingerprint density at radius 1 is 1.12 bits per heavy atom. The second kappa shape index (κ2) is 15.8. The summed E-state index contributed by atoms with van der Waals surface area (Å²) in [5.74, 6) is 0. The summed E-state index contributed by atoms with van der Waals surface area (Å²) in [6, 6.07) is 0. The molecular weight excluding hydrogens is 356 g/mol. The molecule has 7 nitrogen and oxygen atoms in total. The number of quaternary nitrogens is 1. The largest absolute Gasteiger partial charge is 0.726 e. The fraction of sp³-hybridized carbons (Fsp3) is 1.00. The highest BCUT2D eigenvalue weighted by molar-refractivity contribution is 7.80. The Morgan fingerprint density at radius 3 is 2.08 bits per heavy atom. The average Bonchev–Trinajstić information content (AvgIpc) is 2.94. The van der Waals surface area contributed by atoms with Crippen molar-refractivity contribution in [2.45, 2.75) is 77.3 Å². The molecule has 2 N–H and O–H groups in total. The Morgan fingerprint density at radius 2 is 1.62 bits per heavy atom. The van der Waals surface area contributed by atoms with Crippen molar-refractivity contribution in [3.8, 4) is 0 Å². The summed E-state index contributed by atoms with van der Waals surface area (Å²) in [5, 5.41) is 9.12. The van der Waals surface area contributed by atoms with Crippen LogP contribution in [0.3, 0.4) is 0 Å². The van der Waals surface area contributed by atoms with Gasteiger partial charge in [0.05, 0.1) is 26.8 Å². The average molecular weight is 397 g/mol. The van der Waals surface area contributed by atoms with E-state index in [-0.39, 0.29) is 0 Å². The second-order valence-corrected chi connectivity index (χ2v) is 8.22. The van der Waals surface area contributed by atoms with Crippen molar-refractivity contribution in [1.29, 1.82) is 0 Å². The normalized spacial score (nSPS) is 20.8. The summed E-state index contributed by atoms with van der Waals surface area (Å²) in [4.78, 5) is 4.07. The molecule has 26 heavy (non-hydrogen) atoms. The summed E-state index contributed by atoms with van der Waals surface area (Å²) in [7, 11) is -1.37. The predicted molar refractivity (Wildman–Crippen MR) is 103 cm³/mol. The number of likely N-dealkylation sites (N-methyl/N-ethyl adjacent to an activating group) is 1. The molecule has 1 heterocycles. The topological polar surface area (TPSA) is 94.3 Å². The number of nitrogens with zero attached hydrogens (tertiary/aromatic N) is 1. The fourth-order valence-electron chi connectivity index (χ4n) is 3.46. The van der Waals surface area contributed by atoms with E-state index in [2.05, 4.69) is 23.1 Å². The smallest absolute Gasteiger partial charge is 0.217 e. The van der Waals surface area contributed by atoms with Crippen LogP contribution in [0.15, 0.2) is 0 Å². The zero-order valence-corrected chi connectivity index (χ0v) is 17.7. The van der Waals surface area contributed by atoms with E-state index in [4.69, 9.17) is 5.11 Å². The monoisotopic (exact) mass is 396 g/mol. The van der Waals surface area contributed by atoms with Gasteiger partial charge in [-0.1, -0.05) is 58.3 Å². The molecule has 2 unspecified atom stereocenters. The summed E-state index contributed by atoms with van der Waals surface area (Å²) < 4.78 is 31.0. The number of hydrogen-bond donors (Lipinski definition) is 2. The predicted octanol–water partition coefficient (Wildman–Crippen LogP) is 1.15. The first-order chi connectivity index (χ1) is 12.4. The van der Waals surface area contributed by atoms with Crippen molar-refractivity contribution < 1.29 is 27.2 Å². The zero-order chi connectivity index (χ0) is 19.8. The standard InChI is InChI=1S/C17H36N2O.CH4O4S/c1-3-4-5-6-7-8-9-10-11-12-17-18(2)13-14-19(17)15-16-20;1-5-6(2,3)4/h17,20H,3-16H2,1-2H3;1H3,(H,2,3,4). The van der Waals surface area contributed by atoms with Gasteiger partial charge in [-0.25, -0.2) is 8.42 Å². The van der Waals surface area contributed by atoms with E-state index < -0.39 is 10.4 Å². The molecular formula is C18H40N2O5S. The molecule has 1 saturated heterocycles. The number of aliphatic hydroxyl groups is 1. The number of aliphatic hydroxyl groups excluding tert-OH is 1. The lowest BCUT2D eigenvalue weighted by Crippen LogP contribution is -3.15. The minimum Gasteiger partial charge on any atom is -0.726 e. The van der Waals surface area contributed by atoms with Crippen LogP contribution in [0.1, 0.15) is 71.1 Å². The molecule has 1 aliphatic heterocycles. The Balaban J connectivity index is 0.000000896. The molecule has 0 aliphatic carbocycles. The zero-order valence-electron chi connectivity index (χ0n) is 16.9. The van der Waals surface area contributed by atoms with Gasteiger partial charge in [0.2, 0.25) is 10.4 Å². The van der Waals surface area contributed by atoms with Crippen LogP contribution < -0.4 is 4.90 Å². The van der Waals surface area contributed by atoms with Crippen molar-refractivity contribution in [2.24, 2.45) is 0 Å². The van der Waals surface area contributed by atoms with Crippen LogP contribution in [0.4, 0.5) is 0 Å². The Hall–Kier alpha value is -0.250. The van der Waals surface area contributed by atoms with Gasteiger partial charge >= 0.3 is 0 Å². The van der Waals surface area contributed by atoms with Crippen LogP contribution in [-0.2, 0) is 14.6 Å². The first-order valence-electron chi connectivity index (χ1n) is 10.0. The SMILES string of the molecule is CCCCCCCCCCCC1N(C)CC[NH+]1CCO.COS(=O)(=O)[O-]. The molecule has 0 amide bonds. The van der Waals surface area contributed by atoms with Gasteiger partial charge in [0, 0.05) is 6.42 Å². The molecule has 0 spiro atoms. The van der Waals surface area contributed by atoms with Gasteiger partial charge in [0.15, 0.2) is 0 Å². The van der Waals surface area contributed by atoms with Crippen LogP contribution in [0.25, 0.3) is 0 Å². The summed E-state index contributed by atoms with van der Waals surface area (Å²) in [6.45, 7) is 5.93. The van der Waals surface area contributed by atoms with Gasteiger partial charge in [-0.3, -0.25) is 9.08 Å². The second-order valence-electron chi connectivity index (χ2n) is 7.07. The first kappa shape index (κ1) is 25.8. The summed E-state index contributed by atoms with van der Waals surface area (Å²) in [6.07, 6.45) is 14.6. The van der Waals surface area contributed by atoms with Crippen LogP contribution in [0.5, 0.6) is 0 Å². The maximum atomic E-state index is 9.22. The van der Waals surface area contributed by atoms with Crippen molar-refractivity contribution in [2.75, 3.05) is 40.4 Å². The molecule has 0 aromatic rings. The molecule has 2 atom stereocenters. The fourth-order valence-corrected chi connectivity index (χ4v) is 3.46. The highest BCUT2D eigenvalue weighted by Gasteiger charge is 2.31. The molecule has 0 saturated carbocycles. The van der Waals surface area contributed by atoms with Crippen LogP contribution in [0, 0.1) is 0 Å². The Kier molecular flexibility index (Phi) is 15.6. The van der Waals surface area contributed by atoms with Crippen molar-refractivity contribution in [3.63, 3.8) is 0 Å². The van der Waals surface area contributed by atoms with Crippen molar-refractivity contribution in [3.05, 3.63) is 0 Å². The van der Waals surface area contributed by atoms with Gasteiger partial charge in [-0.2, -0.15) is 0 Å². The minimum atomic E-state index is -4.41. The Bertz CT molecular complexity index is 418. The van der Waals surface area contributed by atoms with E-state index in [1.807, 2.05) is 0 Å². The third-order valence-electron chi connectivity index (χ3n) is 5.01. The van der Waals surface area contributed by atoms with E-state index >= 15 is 0 Å². The first-order valence-corrected chi connectivity index (χ1v) is 11.4. The molecule has 0 radical (unpaired) electrons. The summed E-state index contributed by atoms with van der Waals surface area (Å²) >= 11 is 0. The lowest BCUT2D eigenvalue weighted by molar-refractivity contribution is -0.918. The number of rotatable bonds is 13. The number of unbranched alkanes of at least 4 members (excludes halogenated alkanes) is 8. The molecule has 158 valence electrons. The van der Waals surface area contributed by atoms with Gasteiger partial charge in [0.25, 0.3) is 0 Å². The summed E-state index contributed by atoms with van der Waals surface area (Å²) in [5.41, 5.74) is 0. The van der Waals surface area contributed by atoms with E-state index in [1.54, 1.807) is 4.90 Å². The molecule has 0 aromatic carbocycles. The van der Waals surface area contributed by atoms with Crippen molar-refractivity contribution >= 4 is 10.4 Å².